The Kier molecular flexibility index (Phi) is 2.49. The summed E-state index contributed by atoms with van der Waals surface area (Å²) in [6, 6.07) is 7.62. The summed E-state index contributed by atoms with van der Waals surface area (Å²) < 4.78 is 0. The Hall–Kier alpha value is -2.10. The third kappa shape index (κ3) is 1.88. The first-order valence-electron chi connectivity index (χ1n) is 4.60. The number of aromatic nitrogens is 3. The lowest BCUT2D eigenvalue weighted by molar-refractivity contribution is 0.478. The first-order chi connectivity index (χ1) is 7.31. The summed E-state index contributed by atoms with van der Waals surface area (Å²) >= 11 is 0. The topological polar surface area (TPSA) is 61.8 Å². The molecule has 0 unspecified atom stereocenters. The molecule has 2 rings (SSSR count). The lowest BCUT2D eigenvalue weighted by atomic mass is 10.1. The number of nitrogens with one attached hydrogen (secondary N) is 1. The molecule has 0 fully saturated rings. The lowest BCUT2D eigenvalue weighted by Crippen LogP contribution is -1.85. The van der Waals surface area contributed by atoms with E-state index in [1.807, 2.05) is 31.2 Å². The quantitative estimate of drug-likeness (QED) is 0.733. The molecule has 0 saturated carbocycles. The maximum atomic E-state index is 8.77. The number of hydrogen-bond acceptors (Lipinski definition) is 3. The molecule has 0 aliphatic carbocycles. The summed E-state index contributed by atoms with van der Waals surface area (Å²) in [6.45, 7) is 1.85. The average molecular weight is 201 g/mol. The van der Waals surface area contributed by atoms with Crippen molar-refractivity contribution in [2.75, 3.05) is 0 Å². The van der Waals surface area contributed by atoms with Gasteiger partial charge in [0.1, 0.15) is 5.82 Å². The van der Waals surface area contributed by atoms with Gasteiger partial charge in [0, 0.05) is 5.56 Å². The van der Waals surface area contributed by atoms with Gasteiger partial charge in [-0.2, -0.15) is 5.10 Å². The molecule has 0 radical (unpaired) electrons. The number of aliphatic hydroxyl groups is 1. The van der Waals surface area contributed by atoms with Crippen molar-refractivity contribution in [1.29, 1.82) is 0 Å². The van der Waals surface area contributed by atoms with Crippen LogP contribution in [0.5, 0.6) is 0 Å². The Morgan fingerprint density at radius 1 is 1.33 bits per heavy atom. The van der Waals surface area contributed by atoms with E-state index in [1.165, 1.54) is 0 Å². The van der Waals surface area contributed by atoms with Crippen molar-refractivity contribution >= 4 is 6.08 Å². The van der Waals surface area contributed by atoms with Crippen molar-refractivity contribution < 1.29 is 5.11 Å². The number of rotatable bonds is 2. The minimum atomic E-state index is 0.640. The molecule has 2 aromatic rings. The average Bonchev–Trinajstić information content (AvgIpc) is 2.66. The fourth-order valence-corrected chi connectivity index (χ4v) is 1.39. The van der Waals surface area contributed by atoms with Crippen LogP contribution in [0.2, 0.25) is 0 Å². The molecule has 15 heavy (non-hydrogen) atoms. The molecule has 0 amide bonds. The summed E-state index contributed by atoms with van der Waals surface area (Å²) in [4.78, 5) is 4.24. The molecule has 2 N–H and O–H groups in total. The van der Waals surface area contributed by atoms with E-state index in [9.17, 15) is 0 Å². The fraction of sp³-hybridized carbons (Fsp3) is 0.0909. The highest BCUT2D eigenvalue weighted by Gasteiger charge is 2.06. The van der Waals surface area contributed by atoms with Gasteiger partial charge in [-0.15, -0.1) is 0 Å². The highest BCUT2D eigenvalue weighted by atomic mass is 16.2. The zero-order valence-corrected chi connectivity index (χ0v) is 8.31. The third-order valence-electron chi connectivity index (χ3n) is 2.05. The molecular weight excluding hydrogens is 190 g/mol. The van der Waals surface area contributed by atoms with Crippen molar-refractivity contribution in [2.45, 2.75) is 6.92 Å². The predicted octanol–water partition coefficient (Wildman–Crippen LogP) is 2.31. The minimum absolute atomic E-state index is 0.640. The second kappa shape index (κ2) is 3.96. The molecule has 0 atom stereocenters. The van der Waals surface area contributed by atoms with Crippen LogP contribution in [0.25, 0.3) is 17.5 Å². The maximum Gasteiger partial charge on any atom is 0.181 e. The lowest BCUT2D eigenvalue weighted by Gasteiger charge is -1.99. The molecule has 76 valence electrons. The van der Waals surface area contributed by atoms with Gasteiger partial charge in [0.05, 0.1) is 6.26 Å². The Morgan fingerprint density at radius 2 is 2.13 bits per heavy atom. The van der Waals surface area contributed by atoms with Crippen LogP contribution in [-0.4, -0.2) is 20.3 Å². The molecule has 0 spiro atoms. The van der Waals surface area contributed by atoms with Crippen molar-refractivity contribution in [3.8, 4) is 11.4 Å². The van der Waals surface area contributed by atoms with Crippen LogP contribution < -0.4 is 0 Å². The number of nitrogens with zero attached hydrogens (tertiary/aromatic N) is 2. The van der Waals surface area contributed by atoms with Crippen LogP contribution >= 0.6 is 0 Å². The van der Waals surface area contributed by atoms with Crippen molar-refractivity contribution in [3.63, 3.8) is 0 Å². The Bertz CT molecular complexity index is 488. The van der Waals surface area contributed by atoms with E-state index in [1.54, 1.807) is 6.08 Å². The van der Waals surface area contributed by atoms with Gasteiger partial charge in [-0.25, -0.2) is 4.98 Å². The molecule has 4 nitrogen and oxygen atoms in total. The van der Waals surface area contributed by atoms with E-state index in [0.717, 1.165) is 23.2 Å². The number of aromatic amines is 1. The van der Waals surface area contributed by atoms with Gasteiger partial charge in [0.15, 0.2) is 5.82 Å². The Labute approximate surface area is 87.3 Å². The molecule has 0 saturated heterocycles. The standard InChI is InChI=1S/C11H11N3O/c1-8-12-11(14-13-8)10-5-3-2-4-9(10)6-7-15/h2-7,15H,1H3,(H,12,13,14)/b7-6-. The minimum Gasteiger partial charge on any atom is -0.516 e. The zero-order chi connectivity index (χ0) is 10.7. The molecule has 1 aromatic carbocycles. The number of aryl methyl sites for hydroxylation is 1. The molecule has 0 aliphatic heterocycles. The number of aliphatic hydroxyl groups excluding tert-OH is 1. The van der Waals surface area contributed by atoms with Crippen molar-refractivity contribution in [1.82, 2.24) is 15.2 Å². The van der Waals surface area contributed by atoms with Gasteiger partial charge < -0.3 is 5.11 Å². The van der Waals surface area contributed by atoms with Gasteiger partial charge in [0.25, 0.3) is 0 Å². The Morgan fingerprint density at radius 3 is 2.80 bits per heavy atom. The summed E-state index contributed by atoms with van der Waals surface area (Å²) in [5.74, 6) is 1.41. The van der Waals surface area contributed by atoms with Crippen LogP contribution in [0, 0.1) is 6.92 Å². The van der Waals surface area contributed by atoms with Crippen molar-refractivity contribution in [3.05, 3.63) is 41.9 Å². The first kappa shape index (κ1) is 9.45. The van der Waals surface area contributed by atoms with Crippen LogP contribution in [0.4, 0.5) is 0 Å². The zero-order valence-electron chi connectivity index (χ0n) is 8.31. The smallest absolute Gasteiger partial charge is 0.181 e. The van der Waals surface area contributed by atoms with Crippen LogP contribution in [0.1, 0.15) is 11.4 Å². The molecular formula is C11H11N3O. The summed E-state index contributed by atoms with van der Waals surface area (Å²) in [6.07, 6.45) is 2.62. The van der Waals surface area contributed by atoms with Crippen LogP contribution in [0.15, 0.2) is 30.5 Å². The number of H-pyrrole nitrogens is 1. The molecule has 1 aromatic heterocycles. The molecule has 4 heteroatoms. The largest absolute Gasteiger partial charge is 0.516 e. The van der Waals surface area contributed by atoms with E-state index >= 15 is 0 Å². The summed E-state index contributed by atoms with van der Waals surface area (Å²) in [7, 11) is 0. The van der Waals surface area contributed by atoms with Gasteiger partial charge in [-0.3, -0.25) is 5.10 Å². The third-order valence-corrected chi connectivity index (χ3v) is 2.05. The summed E-state index contributed by atoms with van der Waals surface area (Å²) in [5.41, 5.74) is 1.78. The Balaban J connectivity index is 2.52. The monoisotopic (exact) mass is 201 g/mol. The van der Waals surface area contributed by atoms with Gasteiger partial charge in [-0.1, -0.05) is 24.3 Å². The molecule has 0 bridgehead atoms. The molecule has 0 aliphatic rings. The summed E-state index contributed by atoms with van der Waals surface area (Å²) in [5, 5.41) is 15.6. The second-order valence-electron chi connectivity index (χ2n) is 3.15. The molecule has 1 heterocycles. The van der Waals surface area contributed by atoms with Gasteiger partial charge >= 0.3 is 0 Å². The van der Waals surface area contributed by atoms with Crippen LogP contribution in [0.3, 0.4) is 0 Å². The first-order valence-corrected chi connectivity index (χ1v) is 4.60. The number of hydrogen-bond donors (Lipinski definition) is 2. The van der Waals surface area contributed by atoms with Gasteiger partial charge in [-0.05, 0) is 18.6 Å². The van der Waals surface area contributed by atoms with E-state index in [4.69, 9.17) is 5.11 Å². The van der Waals surface area contributed by atoms with Gasteiger partial charge in [0.2, 0.25) is 0 Å². The highest BCUT2D eigenvalue weighted by Crippen LogP contribution is 2.20. The van der Waals surface area contributed by atoms with Crippen molar-refractivity contribution in [2.24, 2.45) is 0 Å². The van der Waals surface area contributed by atoms with Crippen LogP contribution in [-0.2, 0) is 0 Å². The fourth-order valence-electron chi connectivity index (χ4n) is 1.39. The predicted molar refractivity (Wildman–Crippen MR) is 58.2 cm³/mol. The van der Waals surface area contributed by atoms with E-state index in [-0.39, 0.29) is 0 Å². The normalized spacial score (nSPS) is 11.0. The second-order valence-corrected chi connectivity index (χ2v) is 3.15. The SMILES string of the molecule is Cc1nc(-c2ccccc2/C=C\O)n[nH]1. The van der Waals surface area contributed by atoms with E-state index in [2.05, 4.69) is 15.2 Å². The van der Waals surface area contributed by atoms with E-state index < -0.39 is 0 Å². The highest BCUT2D eigenvalue weighted by molar-refractivity contribution is 5.70. The maximum absolute atomic E-state index is 8.77. The number of benzene rings is 1. The van der Waals surface area contributed by atoms with E-state index in [0.29, 0.717) is 5.82 Å².